The number of carbonyl (C=O) groups excluding carboxylic acids is 1. The average molecular weight is 352 g/mol. The van der Waals surface area contributed by atoms with Gasteiger partial charge in [-0.1, -0.05) is 49.2 Å². The van der Waals surface area contributed by atoms with Gasteiger partial charge in [-0.25, -0.2) is 4.98 Å². The summed E-state index contributed by atoms with van der Waals surface area (Å²) in [6.07, 6.45) is 9.52. The first-order chi connectivity index (χ1) is 12.7. The molecule has 0 saturated heterocycles. The Morgan fingerprint density at radius 1 is 1.04 bits per heavy atom. The summed E-state index contributed by atoms with van der Waals surface area (Å²) in [4.78, 5) is 18.9. The molecule has 4 nitrogen and oxygen atoms in total. The number of ether oxygens (including phenoxy) is 1. The Labute approximate surface area is 156 Å². The maximum atomic E-state index is 12.5. The number of nitrogens with zero attached hydrogens (tertiary/aromatic N) is 2. The van der Waals surface area contributed by atoms with E-state index in [9.17, 15) is 4.79 Å². The van der Waals surface area contributed by atoms with Crippen LogP contribution in [0.2, 0.25) is 0 Å². The van der Waals surface area contributed by atoms with Crippen LogP contribution in [0.4, 0.5) is 0 Å². The molecule has 0 spiro atoms. The minimum atomic E-state index is -0.0945. The van der Waals surface area contributed by atoms with Crippen LogP contribution in [-0.4, -0.2) is 42.9 Å². The molecular formula is C22H28N2O2. The van der Waals surface area contributed by atoms with Gasteiger partial charge in [0.15, 0.2) is 5.78 Å². The van der Waals surface area contributed by atoms with E-state index in [1.165, 1.54) is 12.8 Å². The van der Waals surface area contributed by atoms with Crippen molar-refractivity contribution in [3.63, 3.8) is 0 Å². The van der Waals surface area contributed by atoms with Gasteiger partial charge in [-0.2, -0.15) is 0 Å². The maximum absolute atomic E-state index is 12.5. The fraction of sp³-hybridized carbons (Fsp3) is 0.364. The van der Waals surface area contributed by atoms with Gasteiger partial charge in [0.05, 0.1) is 12.2 Å². The molecule has 1 aromatic heterocycles. The van der Waals surface area contributed by atoms with E-state index in [-0.39, 0.29) is 5.78 Å². The van der Waals surface area contributed by atoms with Crippen LogP contribution in [-0.2, 0) is 0 Å². The Morgan fingerprint density at radius 2 is 1.81 bits per heavy atom. The second kappa shape index (κ2) is 11.2. The SMILES string of the molecule is CN(C)CCCCCCOc1ncccc1C(=O)C=Cc1ccccc1. The van der Waals surface area contributed by atoms with Crippen molar-refractivity contribution in [2.24, 2.45) is 0 Å². The smallest absolute Gasteiger partial charge is 0.224 e. The van der Waals surface area contributed by atoms with Crippen LogP contribution in [0.3, 0.4) is 0 Å². The molecule has 0 aliphatic rings. The van der Waals surface area contributed by atoms with Crippen molar-refractivity contribution in [1.82, 2.24) is 9.88 Å². The molecular weight excluding hydrogens is 324 g/mol. The van der Waals surface area contributed by atoms with Gasteiger partial charge in [0.25, 0.3) is 0 Å². The lowest BCUT2D eigenvalue weighted by molar-refractivity contribution is 0.104. The van der Waals surface area contributed by atoms with Crippen molar-refractivity contribution in [2.75, 3.05) is 27.2 Å². The molecule has 1 aromatic carbocycles. The second-order valence-electron chi connectivity index (χ2n) is 6.53. The average Bonchev–Trinajstić information content (AvgIpc) is 2.66. The molecule has 0 aliphatic heterocycles. The molecule has 2 aromatic rings. The van der Waals surface area contributed by atoms with E-state index in [1.54, 1.807) is 24.4 Å². The number of ketones is 1. The molecule has 0 saturated carbocycles. The van der Waals surface area contributed by atoms with Crippen LogP contribution in [0.25, 0.3) is 6.08 Å². The minimum absolute atomic E-state index is 0.0945. The first kappa shape index (κ1) is 19.9. The maximum Gasteiger partial charge on any atom is 0.224 e. The van der Waals surface area contributed by atoms with E-state index in [2.05, 4.69) is 24.0 Å². The van der Waals surface area contributed by atoms with Gasteiger partial charge >= 0.3 is 0 Å². The highest BCUT2D eigenvalue weighted by molar-refractivity contribution is 6.08. The van der Waals surface area contributed by atoms with Crippen molar-refractivity contribution in [1.29, 1.82) is 0 Å². The highest BCUT2D eigenvalue weighted by atomic mass is 16.5. The molecule has 1 heterocycles. The third-order valence-electron chi connectivity index (χ3n) is 4.00. The molecule has 0 fully saturated rings. The molecule has 0 amide bonds. The zero-order chi connectivity index (χ0) is 18.6. The Bertz CT molecular complexity index is 696. The first-order valence-electron chi connectivity index (χ1n) is 9.17. The van der Waals surface area contributed by atoms with Crippen LogP contribution < -0.4 is 4.74 Å². The Balaban J connectivity index is 1.83. The Hall–Kier alpha value is -2.46. The van der Waals surface area contributed by atoms with Crippen molar-refractivity contribution in [3.8, 4) is 5.88 Å². The summed E-state index contributed by atoms with van der Waals surface area (Å²) in [5, 5.41) is 0. The summed E-state index contributed by atoms with van der Waals surface area (Å²) in [5.74, 6) is 0.325. The first-order valence-corrected chi connectivity index (χ1v) is 9.17. The van der Waals surface area contributed by atoms with Gasteiger partial charge < -0.3 is 9.64 Å². The monoisotopic (exact) mass is 352 g/mol. The molecule has 138 valence electrons. The number of aromatic nitrogens is 1. The molecule has 26 heavy (non-hydrogen) atoms. The fourth-order valence-electron chi connectivity index (χ4n) is 2.57. The number of benzene rings is 1. The van der Waals surface area contributed by atoms with Crippen LogP contribution >= 0.6 is 0 Å². The lowest BCUT2D eigenvalue weighted by atomic mass is 10.1. The van der Waals surface area contributed by atoms with Gasteiger partial charge in [-0.15, -0.1) is 0 Å². The molecule has 0 atom stereocenters. The number of hydrogen-bond donors (Lipinski definition) is 0. The third-order valence-corrected chi connectivity index (χ3v) is 4.00. The molecule has 0 unspecified atom stereocenters. The number of rotatable bonds is 11. The van der Waals surface area contributed by atoms with Gasteiger partial charge in [-0.3, -0.25) is 4.79 Å². The van der Waals surface area contributed by atoms with Crippen molar-refractivity contribution in [2.45, 2.75) is 25.7 Å². The summed E-state index contributed by atoms with van der Waals surface area (Å²) >= 11 is 0. The van der Waals surface area contributed by atoms with E-state index >= 15 is 0 Å². The van der Waals surface area contributed by atoms with Crippen LogP contribution in [0.1, 0.15) is 41.6 Å². The number of allylic oxidation sites excluding steroid dienone is 1. The zero-order valence-corrected chi connectivity index (χ0v) is 15.7. The van der Waals surface area contributed by atoms with Crippen LogP contribution in [0.15, 0.2) is 54.7 Å². The normalized spacial score (nSPS) is 11.2. The summed E-state index contributed by atoms with van der Waals surface area (Å²) in [6, 6.07) is 13.3. The quantitative estimate of drug-likeness (QED) is 0.340. The van der Waals surface area contributed by atoms with E-state index in [0.29, 0.717) is 18.1 Å². The molecule has 0 N–H and O–H groups in total. The summed E-state index contributed by atoms with van der Waals surface area (Å²) < 4.78 is 5.76. The van der Waals surface area contributed by atoms with Gasteiger partial charge in [0.2, 0.25) is 5.88 Å². The fourth-order valence-corrected chi connectivity index (χ4v) is 2.57. The predicted octanol–water partition coefficient (Wildman–Crippen LogP) is 4.48. The van der Waals surface area contributed by atoms with E-state index < -0.39 is 0 Å². The largest absolute Gasteiger partial charge is 0.477 e. The standard InChI is InChI=1S/C22H28N2O2/c1-24(2)17-8-3-4-9-18-26-22-20(13-10-16-23-22)21(25)15-14-19-11-6-5-7-12-19/h5-7,10-16H,3-4,8-9,17-18H2,1-2H3. The Kier molecular flexibility index (Phi) is 8.56. The second-order valence-corrected chi connectivity index (χ2v) is 6.53. The van der Waals surface area contributed by atoms with Gasteiger partial charge in [-0.05, 0) is 57.3 Å². The lowest BCUT2D eigenvalue weighted by Crippen LogP contribution is -2.12. The van der Waals surface area contributed by atoms with E-state index in [1.807, 2.05) is 36.4 Å². The topological polar surface area (TPSA) is 42.4 Å². The molecule has 0 aliphatic carbocycles. The van der Waals surface area contributed by atoms with Crippen molar-refractivity contribution < 1.29 is 9.53 Å². The lowest BCUT2D eigenvalue weighted by Gasteiger charge is -2.10. The summed E-state index contributed by atoms with van der Waals surface area (Å²) in [6.45, 7) is 1.70. The van der Waals surface area contributed by atoms with Crippen LogP contribution in [0.5, 0.6) is 5.88 Å². The molecule has 0 bridgehead atoms. The van der Waals surface area contributed by atoms with Gasteiger partial charge in [0, 0.05) is 6.20 Å². The number of carbonyl (C=O) groups is 1. The van der Waals surface area contributed by atoms with E-state index in [0.717, 1.165) is 24.9 Å². The number of unbranched alkanes of at least 4 members (excludes halogenated alkanes) is 3. The van der Waals surface area contributed by atoms with Gasteiger partial charge in [0.1, 0.15) is 0 Å². The molecule has 4 heteroatoms. The van der Waals surface area contributed by atoms with E-state index in [4.69, 9.17) is 4.74 Å². The number of pyridine rings is 1. The zero-order valence-electron chi connectivity index (χ0n) is 15.7. The Morgan fingerprint density at radius 3 is 2.58 bits per heavy atom. The van der Waals surface area contributed by atoms with Crippen molar-refractivity contribution in [3.05, 3.63) is 65.9 Å². The molecule has 0 radical (unpaired) electrons. The third kappa shape index (κ3) is 7.19. The minimum Gasteiger partial charge on any atom is -0.477 e. The van der Waals surface area contributed by atoms with Crippen molar-refractivity contribution >= 4 is 11.9 Å². The van der Waals surface area contributed by atoms with Crippen LogP contribution in [0, 0.1) is 0 Å². The molecule has 2 rings (SSSR count). The summed E-state index contributed by atoms with van der Waals surface area (Å²) in [5.41, 5.74) is 1.50. The summed E-state index contributed by atoms with van der Waals surface area (Å²) in [7, 11) is 4.18. The highest BCUT2D eigenvalue weighted by Crippen LogP contribution is 2.17. The number of hydrogen-bond acceptors (Lipinski definition) is 4. The predicted molar refractivity (Wildman–Crippen MR) is 107 cm³/mol. The highest BCUT2D eigenvalue weighted by Gasteiger charge is 2.10.